The minimum atomic E-state index is -0.228. The van der Waals surface area contributed by atoms with Crippen LogP contribution in [0.25, 0.3) is 0 Å². The van der Waals surface area contributed by atoms with Crippen LogP contribution in [0, 0.1) is 0 Å². The smallest absolute Gasteiger partial charge is 0.182 e. The van der Waals surface area contributed by atoms with E-state index in [1.807, 2.05) is 0 Å². The molecule has 5 heteroatoms. The maximum Gasteiger partial charge on any atom is 0.182 e. The summed E-state index contributed by atoms with van der Waals surface area (Å²) in [4.78, 5) is 10.8. The molecule has 0 aliphatic heterocycles. The Labute approximate surface area is 103 Å². The third-order valence-corrected chi connectivity index (χ3v) is 2.94. The van der Waals surface area contributed by atoms with Crippen LogP contribution in [0.5, 0.6) is 0 Å². The van der Waals surface area contributed by atoms with Crippen LogP contribution in [0.2, 0.25) is 0 Å². The zero-order chi connectivity index (χ0) is 6.78. The van der Waals surface area contributed by atoms with E-state index in [-0.39, 0.29) is 5.22 Å². The maximum absolute atomic E-state index is 10.8. The summed E-state index contributed by atoms with van der Waals surface area (Å²) < 4.78 is 0.376. The lowest BCUT2D eigenvalue weighted by Gasteiger charge is -2.06. The van der Waals surface area contributed by atoms with Crippen LogP contribution in [0.15, 0.2) is 0 Å². The van der Waals surface area contributed by atoms with Crippen molar-refractivity contribution in [3.63, 3.8) is 0 Å². The number of hydrogen-bond donors (Lipinski definition) is 0. The molecule has 1 nitrogen and oxygen atoms in total. The number of Topliss-reactive ketones (excluding diaryl/α,β-unsaturated/α-hetero) is 1. The van der Waals surface area contributed by atoms with Gasteiger partial charge in [-0.05, 0) is 67.8 Å². The minimum Gasteiger partial charge on any atom is -0.296 e. The summed E-state index contributed by atoms with van der Waals surface area (Å²) in [5.41, 5.74) is 0. The Balaban J connectivity index is 3.82. The molecule has 0 aromatic heterocycles. The predicted molar refractivity (Wildman–Crippen MR) is 68.7 cm³/mol. The average molecular weight is 562 g/mol. The molecule has 48 valence electrons. The van der Waals surface area contributed by atoms with Crippen LogP contribution < -0.4 is 0 Å². The van der Waals surface area contributed by atoms with Gasteiger partial charge in [-0.15, -0.1) is 0 Å². The minimum absolute atomic E-state index is 0.228. The number of rotatable bonds is 2. The molecule has 0 bridgehead atoms. The highest BCUT2D eigenvalue weighted by atomic mass is 127. The molecule has 0 N–H and O–H groups in total. The van der Waals surface area contributed by atoms with E-state index in [1.54, 1.807) is 0 Å². The Bertz CT molecular complexity index is 93.9. The molecule has 0 aromatic carbocycles. The van der Waals surface area contributed by atoms with Crippen molar-refractivity contribution < 1.29 is 4.79 Å². The molecule has 0 radical (unpaired) electrons. The van der Waals surface area contributed by atoms with Crippen molar-refractivity contribution in [2.24, 2.45) is 0 Å². The fourth-order valence-corrected chi connectivity index (χ4v) is 3.41. The Kier molecular flexibility index (Phi) is 5.91. The molecule has 0 unspecified atom stereocenters. The molecular weight excluding hydrogens is 560 g/mol. The number of alkyl halides is 4. The average Bonchev–Trinajstić information content (AvgIpc) is 1.62. The second kappa shape index (κ2) is 4.46. The van der Waals surface area contributed by atoms with Crippen LogP contribution >= 0.6 is 90.4 Å². The first kappa shape index (κ1) is 10.6. The van der Waals surface area contributed by atoms with E-state index in [0.717, 1.165) is 0 Å². The van der Waals surface area contributed by atoms with Gasteiger partial charge in [-0.1, -0.05) is 22.6 Å². The van der Waals surface area contributed by atoms with Gasteiger partial charge in [0, 0.05) is 0 Å². The molecule has 0 spiro atoms. The molecule has 8 heavy (non-hydrogen) atoms. The van der Waals surface area contributed by atoms with Gasteiger partial charge < -0.3 is 0 Å². The summed E-state index contributed by atoms with van der Waals surface area (Å²) in [5.74, 6) is 0.278. The van der Waals surface area contributed by atoms with Crippen LogP contribution in [-0.4, -0.2) is 9.65 Å². The Morgan fingerprint density at radius 2 is 1.75 bits per heavy atom. The fraction of sp³-hybridized carbons (Fsp3) is 0.667. The van der Waals surface area contributed by atoms with Crippen LogP contribution in [0.4, 0.5) is 0 Å². The van der Waals surface area contributed by atoms with E-state index in [1.165, 1.54) is 0 Å². The van der Waals surface area contributed by atoms with Crippen LogP contribution in [-0.2, 0) is 4.79 Å². The van der Waals surface area contributed by atoms with Crippen molar-refractivity contribution in [3.8, 4) is 0 Å². The Morgan fingerprint density at radius 1 is 1.38 bits per heavy atom. The number of ketones is 1. The quantitative estimate of drug-likeness (QED) is 0.375. The van der Waals surface area contributed by atoms with Crippen LogP contribution in [0.1, 0.15) is 0 Å². The summed E-state index contributed by atoms with van der Waals surface area (Å²) >= 11 is 8.44. The normalized spacial score (nSPS) is 11.5. The lowest BCUT2D eigenvalue weighted by Crippen LogP contribution is -2.16. The van der Waals surface area contributed by atoms with E-state index in [2.05, 4.69) is 90.4 Å². The molecule has 0 saturated heterocycles. The van der Waals surface area contributed by atoms with Gasteiger partial charge in [0.15, 0.2) is 5.22 Å². The van der Waals surface area contributed by atoms with Gasteiger partial charge in [-0.25, -0.2) is 0 Å². The van der Waals surface area contributed by atoms with Crippen molar-refractivity contribution in [3.05, 3.63) is 0 Å². The second-order valence-electron chi connectivity index (χ2n) is 1.05. The number of halogens is 4. The van der Waals surface area contributed by atoms with E-state index < -0.39 is 0 Å². The highest BCUT2D eigenvalue weighted by Crippen LogP contribution is 2.36. The van der Waals surface area contributed by atoms with Gasteiger partial charge in [-0.3, -0.25) is 4.79 Å². The number of carbonyl (C=O) groups excluding carboxylic acids is 1. The third-order valence-electron chi connectivity index (χ3n) is 0.438. The van der Waals surface area contributed by atoms with Gasteiger partial charge in [-0.2, -0.15) is 0 Å². The third kappa shape index (κ3) is 4.41. The molecule has 0 saturated carbocycles. The monoisotopic (exact) mass is 562 g/mol. The lowest BCUT2D eigenvalue weighted by molar-refractivity contribution is -0.114. The summed E-state index contributed by atoms with van der Waals surface area (Å²) in [5, 5.41) is 0. The van der Waals surface area contributed by atoms with Crippen molar-refractivity contribution in [1.29, 1.82) is 0 Å². The summed E-state index contributed by atoms with van der Waals surface area (Å²) in [7, 11) is 0. The molecule has 0 aliphatic carbocycles. The topological polar surface area (TPSA) is 17.1 Å². The molecular formula is C3H2I4O. The lowest BCUT2D eigenvalue weighted by atomic mass is 10.5. The van der Waals surface area contributed by atoms with Gasteiger partial charge in [0.1, 0.15) is 0 Å². The molecule has 0 aromatic rings. The predicted octanol–water partition coefficient (Wildman–Crippen LogP) is 2.95. The van der Waals surface area contributed by atoms with Gasteiger partial charge in [0.05, 0.1) is 4.43 Å². The van der Waals surface area contributed by atoms with Crippen molar-refractivity contribution in [2.45, 2.75) is -0.565 Å². The summed E-state index contributed by atoms with van der Waals surface area (Å²) in [6.07, 6.45) is 0. The zero-order valence-electron chi connectivity index (χ0n) is 3.63. The van der Waals surface area contributed by atoms with E-state index >= 15 is 0 Å². The van der Waals surface area contributed by atoms with E-state index in [0.29, 0.717) is 4.43 Å². The molecule has 0 fully saturated rings. The summed E-state index contributed by atoms with van der Waals surface area (Å²) in [6, 6.07) is 0. The maximum atomic E-state index is 10.8. The zero-order valence-corrected chi connectivity index (χ0v) is 12.3. The Hall–Kier alpha value is 2.59. The largest absolute Gasteiger partial charge is 0.296 e. The van der Waals surface area contributed by atoms with Crippen molar-refractivity contribution in [1.82, 2.24) is 0 Å². The first-order chi connectivity index (χ1) is 3.48. The van der Waals surface area contributed by atoms with Gasteiger partial charge in [0.25, 0.3) is 0 Å². The molecule has 0 atom stereocenters. The number of carbonyl (C=O) groups is 1. The molecule has 0 rings (SSSR count). The Morgan fingerprint density at radius 3 is 1.75 bits per heavy atom. The summed E-state index contributed by atoms with van der Waals surface area (Å²) in [6.45, 7) is 0. The van der Waals surface area contributed by atoms with E-state index in [9.17, 15) is 4.79 Å². The standard InChI is InChI=1S/C3H2I4O/c4-1-2(8)3(5,6)7/h1H2. The van der Waals surface area contributed by atoms with Crippen molar-refractivity contribution >= 4 is 96.1 Å². The molecule has 0 aliphatic rings. The first-order valence-electron chi connectivity index (χ1n) is 1.64. The van der Waals surface area contributed by atoms with Gasteiger partial charge in [0.2, 0.25) is 0 Å². The second-order valence-corrected chi connectivity index (χ2v) is 12.9. The molecule has 0 amide bonds. The highest BCUT2D eigenvalue weighted by molar-refractivity contribution is 14.3. The first-order valence-corrected chi connectivity index (χ1v) is 6.40. The number of hydrogen-bond acceptors (Lipinski definition) is 1. The fourth-order valence-electron chi connectivity index (χ4n) is 0.0758. The highest BCUT2D eigenvalue weighted by Gasteiger charge is 2.25. The van der Waals surface area contributed by atoms with Crippen molar-refractivity contribution in [2.75, 3.05) is 4.43 Å². The van der Waals surface area contributed by atoms with Gasteiger partial charge >= 0.3 is 0 Å². The van der Waals surface area contributed by atoms with E-state index in [4.69, 9.17) is 0 Å². The SMILES string of the molecule is O=C(CI)C(I)(I)I. The molecule has 0 heterocycles. The van der Waals surface area contributed by atoms with Crippen LogP contribution in [0.3, 0.4) is 0 Å².